The number of hydrogen-bond acceptors (Lipinski definition) is 8. The van der Waals surface area contributed by atoms with E-state index < -0.39 is 40.8 Å². The maximum atomic E-state index is 14.5. The van der Waals surface area contributed by atoms with Crippen molar-refractivity contribution < 1.29 is 37.8 Å². The molecule has 218 valence electrons. The molecule has 1 aromatic heterocycles. The number of Topliss-reactive ketones (excluding diaryl/α,β-unsaturated/α-hetero) is 1. The number of carbonyl (C=O) groups excluding carboxylic acids is 4. The Balaban J connectivity index is 1.61. The number of cyclic esters (lactones) is 1. The van der Waals surface area contributed by atoms with E-state index in [4.69, 9.17) is 18.6 Å². The Labute approximate surface area is 236 Å². The third-order valence-corrected chi connectivity index (χ3v) is 11.4. The number of furan rings is 1. The Morgan fingerprint density at radius 1 is 1.15 bits per heavy atom. The van der Waals surface area contributed by atoms with E-state index in [1.807, 2.05) is 26.8 Å². The monoisotopic (exact) mass is 554 g/mol. The highest BCUT2D eigenvalue weighted by molar-refractivity contribution is 5.92. The molecule has 1 aromatic rings. The van der Waals surface area contributed by atoms with Crippen molar-refractivity contribution in [1.29, 1.82) is 0 Å². The molecule has 0 aromatic carbocycles. The van der Waals surface area contributed by atoms with E-state index in [0.29, 0.717) is 12.0 Å². The van der Waals surface area contributed by atoms with Crippen molar-refractivity contribution in [2.75, 3.05) is 7.11 Å². The molecule has 3 saturated carbocycles. The number of hydrogen-bond donors (Lipinski definition) is 0. The second-order valence-electron chi connectivity index (χ2n) is 13.5. The van der Waals surface area contributed by atoms with Crippen LogP contribution in [0.15, 0.2) is 34.7 Å². The Morgan fingerprint density at radius 3 is 2.50 bits per heavy atom. The van der Waals surface area contributed by atoms with Gasteiger partial charge in [0.1, 0.15) is 18.0 Å². The summed E-state index contributed by atoms with van der Waals surface area (Å²) >= 11 is 0. The smallest absolute Gasteiger partial charge is 0.333 e. The highest BCUT2D eigenvalue weighted by Crippen LogP contribution is 2.70. The van der Waals surface area contributed by atoms with E-state index in [-0.39, 0.29) is 53.7 Å². The minimum absolute atomic E-state index is 0.0203. The number of fused-ring (bicyclic) bond motifs is 6. The molecule has 5 rings (SSSR count). The van der Waals surface area contributed by atoms with Crippen LogP contribution < -0.4 is 0 Å². The lowest BCUT2D eigenvalue weighted by Gasteiger charge is -2.66. The van der Waals surface area contributed by atoms with Crippen molar-refractivity contribution in [2.24, 2.45) is 45.8 Å². The zero-order valence-electron chi connectivity index (χ0n) is 24.7. The summed E-state index contributed by atoms with van der Waals surface area (Å²) in [7, 11) is 1.36. The van der Waals surface area contributed by atoms with Crippen LogP contribution in [0, 0.1) is 45.8 Å². The molecule has 0 spiro atoms. The highest BCUT2D eigenvalue weighted by atomic mass is 16.6. The van der Waals surface area contributed by atoms with E-state index in [9.17, 15) is 19.2 Å². The summed E-state index contributed by atoms with van der Waals surface area (Å²) in [4.78, 5) is 53.4. The quantitative estimate of drug-likeness (QED) is 0.263. The van der Waals surface area contributed by atoms with Crippen molar-refractivity contribution in [2.45, 2.75) is 85.9 Å². The average Bonchev–Trinajstić information content (AvgIpc) is 3.45. The molecule has 2 heterocycles. The first-order chi connectivity index (χ1) is 18.8. The van der Waals surface area contributed by atoms with Crippen molar-refractivity contribution in [1.82, 2.24) is 0 Å². The van der Waals surface area contributed by atoms with Crippen molar-refractivity contribution in [3.05, 3.63) is 35.8 Å². The number of esters is 3. The van der Waals surface area contributed by atoms with Gasteiger partial charge in [-0.1, -0.05) is 33.8 Å². The second-order valence-corrected chi connectivity index (χ2v) is 13.5. The summed E-state index contributed by atoms with van der Waals surface area (Å²) in [6.45, 7) is 11.7. The van der Waals surface area contributed by atoms with E-state index in [1.165, 1.54) is 7.11 Å². The van der Waals surface area contributed by atoms with Crippen LogP contribution in [0.2, 0.25) is 0 Å². The van der Waals surface area contributed by atoms with Crippen LogP contribution in [0.1, 0.15) is 85.3 Å². The molecule has 0 radical (unpaired) electrons. The Kier molecular flexibility index (Phi) is 7.07. The average molecular weight is 555 g/mol. The fraction of sp³-hybridized carbons (Fsp3) is 0.688. The number of methoxy groups -OCH3 is 1. The van der Waals surface area contributed by atoms with Gasteiger partial charge in [0.05, 0.1) is 25.6 Å². The summed E-state index contributed by atoms with van der Waals surface area (Å²) in [5.74, 6) is -1.99. The van der Waals surface area contributed by atoms with E-state index in [2.05, 4.69) is 6.92 Å². The predicted octanol–water partition coefficient (Wildman–Crippen LogP) is 5.61. The Bertz CT molecular complexity index is 1230. The third kappa shape index (κ3) is 4.07. The van der Waals surface area contributed by atoms with Crippen molar-refractivity contribution >= 4 is 23.7 Å². The van der Waals surface area contributed by atoms with Crippen LogP contribution in [0.25, 0.3) is 0 Å². The number of allylic oxidation sites excluding steroid dienone is 1. The molecule has 4 fully saturated rings. The molecule has 1 aliphatic heterocycles. The van der Waals surface area contributed by atoms with Crippen molar-refractivity contribution in [3.63, 3.8) is 0 Å². The van der Waals surface area contributed by atoms with Gasteiger partial charge >= 0.3 is 17.9 Å². The molecule has 0 amide bonds. The van der Waals surface area contributed by atoms with E-state index in [0.717, 1.165) is 18.4 Å². The maximum absolute atomic E-state index is 14.5. The first-order valence-corrected chi connectivity index (χ1v) is 14.5. The van der Waals surface area contributed by atoms with Crippen LogP contribution in [0.5, 0.6) is 0 Å². The van der Waals surface area contributed by atoms with E-state index in [1.54, 1.807) is 32.4 Å². The maximum Gasteiger partial charge on any atom is 0.333 e. The molecule has 9 atom stereocenters. The lowest BCUT2D eigenvalue weighted by Crippen LogP contribution is -2.69. The molecule has 8 heteroatoms. The molecule has 1 unspecified atom stereocenters. The third-order valence-electron chi connectivity index (χ3n) is 11.4. The van der Waals surface area contributed by atoms with Gasteiger partial charge in [0, 0.05) is 40.2 Å². The van der Waals surface area contributed by atoms with Gasteiger partial charge in [-0.15, -0.1) is 0 Å². The fourth-order valence-electron chi connectivity index (χ4n) is 9.23. The summed E-state index contributed by atoms with van der Waals surface area (Å²) in [6.07, 6.45) is 6.21. The summed E-state index contributed by atoms with van der Waals surface area (Å²) in [6, 6.07) is 1.85. The van der Waals surface area contributed by atoms with Crippen LogP contribution in [0.3, 0.4) is 0 Å². The van der Waals surface area contributed by atoms with E-state index >= 15 is 0 Å². The summed E-state index contributed by atoms with van der Waals surface area (Å²) in [5, 5.41) is 0. The topological polar surface area (TPSA) is 109 Å². The van der Waals surface area contributed by atoms with Crippen LogP contribution in [0.4, 0.5) is 0 Å². The molecule has 0 N–H and O–H groups in total. The lowest BCUT2D eigenvalue weighted by atomic mass is 9.37. The highest BCUT2D eigenvalue weighted by Gasteiger charge is 2.71. The minimum Gasteiger partial charge on any atom is -0.472 e. The Hall–Kier alpha value is -2.90. The molecule has 40 heavy (non-hydrogen) atoms. The number of ether oxygens (including phenoxy) is 3. The summed E-state index contributed by atoms with van der Waals surface area (Å²) < 4.78 is 22.6. The second kappa shape index (κ2) is 9.88. The lowest BCUT2D eigenvalue weighted by molar-refractivity contribution is -0.230. The normalized spacial score (nSPS) is 40.4. The SMILES string of the molecule is C/C=C(\C)C(=O)O[C@@H]1C2C[C@@H]3[C@@H]4CC(=O)O[C@@H](c5ccoc5)[C@]4(C)CC[C@@H]3[C@](C)(C2=O)[C@@H](CC(=O)OC)C1(C)C. The zero-order valence-corrected chi connectivity index (χ0v) is 24.7. The van der Waals surface area contributed by atoms with Crippen LogP contribution >= 0.6 is 0 Å². The number of carbonyl (C=O) groups is 4. The first kappa shape index (κ1) is 28.6. The van der Waals surface area contributed by atoms with Crippen molar-refractivity contribution in [3.8, 4) is 0 Å². The molecule has 1 saturated heterocycles. The molecule has 8 nitrogen and oxygen atoms in total. The zero-order chi connectivity index (χ0) is 29.2. The van der Waals surface area contributed by atoms with Crippen LogP contribution in [-0.4, -0.2) is 36.9 Å². The summed E-state index contributed by atoms with van der Waals surface area (Å²) in [5.41, 5.74) is -0.529. The predicted molar refractivity (Wildman–Crippen MR) is 144 cm³/mol. The first-order valence-electron chi connectivity index (χ1n) is 14.5. The molecule has 3 aliphatic carbocycles. The molecular weight excluding hydrogens is 512 g/mol. The largest absolute Gasteiger partial charge is 0.472 e. The van der Waals surface area contributed by atoms with Gasteiger partial charge in [-0.2, -0.15) is 0 Å². The van der Waals surface area contributed by atoms with Gasteiger partial charge in [0.15, 0.2) is 0 Å². The van der Waals surface area contributed by atoms with Gasteiger partial charge in [0.2, 0.25) is 0 Å². The van der Waals surface area contributed by atoms with Gasteiger partial charge in [-0.25, -0.2) is 4.79 Å². The molecular formula is C32H42O8. The molecule has 2 bridgehead atoms. The van der Waals surface area contributed by atoms with Gasteiger partial charge < -0.3 is 18.6 Å². The van der Waals surface area contributed by atoms with Gasteiger partial charge in [-0.05, 0) is 62.8 Å². The van der Waals surface area contributed by atoms with Gasteiger partial charge in [0.25, 0.3) is 0 Å². The minimum atomic E-state index is -0.836. The Morgan fingerprint density at radius 2 is 1.88 bits per heavy atom. The standard InChI is InChI=1S/C32H42O8/c1-8-17(2)29(36)40-28-20-13-19-21(32(6,26(20)35)23(30(28,3)4)15-24(33)37-7)9-11-31(5)22(19)14-25(34)39-27(31)18-10-12-38-16-18/h8,10,12,16,19-23,27-28H,9,11,13-15H2,1-7H3/b17-8+/t19-,20?,21-,22-,23-,27-,28+,31+,32-/m0/s1. The van der Waals surface area contributed by atoms with Gasteiger partial charge in [-0.3, -0.25) is 14.4 Å². The molecule has 4 aliphatic rings. The number of rotatable bonds is 5. The number of ketones is 1. The fourth-order valence-corrected chi connectivity index (χ4v) is 9.23. The van der Waals surface area contributed by atoms with Crippen LogP contribution in [-0.2, 0) is 33.4 Å².